The molecular formula is C14H25N. The number of rotatable bonds is 3. The van der Waals surface area contributed by atoms with Crippen molar-refractivity contribution >= 4 is 0 Å². The molecule has 0 aromatic carbocycles. The van der Waals surface area contributed by atoms with Gasteiger partial charge in [-0.05, 0) is 57.5 Å². The van der Waals surface area contributed by atoms with Crippen LogP contribution in [0.25, 0.3) is 0 Å². The normalized spacial score (nSPS) is 31.3. The molecule has 0 aromatic rings. The van der Waals surface area contributed by atoms with E-state index >= 15 is 0 Å². The lowest BCUT2D eigenvalue weighted by Crippen LogP contribution is -2.39. The van der Waals surface area contributed by atoms with Gasteiger partial charge in [-0.2, -0.15) is 0 Å². The lowest BCUT2D eigenvalue weighted by Gasteiger charge is -2.39. The molecule has 2 aliphatic carbocycles. The molecule has 0 radical (unpaired) electrons. The maximum absolute atomic E-state index is 2.66. The molecule has 0 aliphatic heterocycles. The Morgan fingerprint density at radius 2 is 2.07 bits per heavy atom. The quantitative estimate of drug-likeness (QED) is 0.639. The van der Waals surface area contributed by atoms with Crippen LogP contribution >= 0.6 is 0 Å². The monoisotopic (exact) mass is 207 g/mol. The molecule has 1 nitrogen and oxygen atoms in total. The summed E-state index contributed by atoms with van der Waals surface area (Å²) in [6.07, 6.45) is 11.0. The number of fused-ring (bicyclic) bond motifs is 1. The van der Waals surface area contributed by atoms with E-state index in [-0.39, 0.29) is 0 Å². The Bertz CT molecular complexity index is 227. The topological polar surface area (TPSA) is 3.24 Å². The predicted molar refractivity (Wildman–Crippen MR) is 66.0 cm³/mol. The van der Waals surface area contributed by atoms with Crippen molar-refractivity contribution in [1.29, 1.82) is 0 Å². The van der Waals surface area contributed by atoms with Gasteiger partial charge >= 0.3 is 0 Å². The molecule has 0 bridgehead atoms. The summed E-state index contributed by atoms with van der Waals surface area (Å²) in [6, 6.07) is 0.875. The zero-order valence-electron chi connectivity index (χ0n) is 10.3. The first-order valence-electron chi connectivity index (χ1n) is 6.78. The lowest BCUT2D eigenvalue weighted by molar-refractivity contribution is 0.158. The van der Waals surface area contributed by atoms with Crippen LogP contribution < -0.4 is 0 Å². The molecule has 0 aromatic heterocycles. The van der Waals surface area contributed by atoms with Gasteiger partial charge in [0, 0.05) is 6.04 Å². The molecular weight excluding hydrogens is 182 g/mol. The first-order chi connectivity index (χ1) is 7.35. The Balaban J connectivity index is 1.96. The van der Waals surface area contributed by atoms with Gasteiger partial charge in [0.25, 0.3) is 0 Å². The Morgan fingerprint density at radius 3 is 2.80 bits per heavy atom. The second-order valence-corrected chi connectivity index (χ2v) is 5.06. The van der Waals surface area contributed by atoms with Crippen LogP contribution in [0.2, 0.25) is 0 Å². The molecule has 1 fully saturated rings. The average molecular weight is 207 g/mol. The summed E-state index contributed by atoms with van der Waals surface area (Å²) in [5.74, 6) is 0.943. The van der Waals surface area contributed by atoms with Gasteiger partial charge in [-0.15, -0.1) is 0 Å². The zero-order valence-corrected chi connectivity index (χ0v) is 10.3. The fourth-order valence-electron chi connectivity index (χ4n) is 3.43. The first-order valence-corrected chi connectivity index (χ1v) is 6.78. The van der Waals surface area contributed by atoms with E-state index in [9.17, 15) is 0 Å². The third-order valence-corrected chi connectivity index (χ3v) is 4.34. The number of hydrogen-bond acceptors (Lipinski definition) is 1. The third kappa shape index (κ3) is 2.44. The minimum Gasteiger partial charge on any atom is -0.301 e. The van der Waals surface area contributed by atoms with E-state index < -0.39 is 0 Å². The van der Waals surface area contributed by atoms with Crippen LogP contribution in [0.1, 0.15) is 52.4 Å². The highest BCUT2D eigenvalue weighted by Crippen LogP contribution is 2.38. The van der Waals surface area contributed by atoms with Gasteiger partial charge in [0.1, 0.15) is 0 Å². The fraction of sp³-hybridized carbons (Fsp3) is 0.857. The van der Waals surface area contributed by atoms with Gasteiger partial charge in [-0.25, -0.2) is 0 Å². The van der Waals surface area contributed by atoms with Crippen molar-refractivity contribution in [2.75, 3.05) is 13.1 Å². The second kappa shape index (κ2) is 5.16. The Hall–Kier alpha value is -0.300. The van der Waals surface area contributed by atoms with Crippen molar-refractivity contribution in [2.45, 2.75) is 58.4 Å². The molecule has 2 unspecified atom stereocenters. The van der Waals surface area contributed by atoms with E-state index in [1.54, 1.807) is 5.57 Å². The molecule has 2 aliphatic rings. The van der Waals surface area contributed by atoms with Gasteiger partial charge in [0.15, 0.2) is 0 Å². The molecule has 0 saturated heterocycles. The van der Waals surface area contributed by atoms with Crippen molar-refractivity contribution in [1.82, 2.24) is 4.90 Å². The molecule has 86 valence electrons. The number of hydrogen-bond donors (Lipinski definition) is 0. The summed E-state index contributed by atoms with van der Waals surface area (Å²) in [6.45, 7) is 7.06. The summed E-state index contributed by atoms with van der Waals surface area (Å²) in [5, 5.41) is 0. The van der Waals surface area contributed by atoms with Gasteiger partial charge in [0.05, 0.1) is 0 Å². The molecule has 2 atom stereocenters. The van der Waals surface area contributed by atoms with Gasteiger partial charge in [0.2, 0.25) is 0 Å². The van der Waals surface area contributed by atoms with Gasteiger partial charge < -0.3 is 4.90 Å². The van der Waals surface area contributed by atoms with E-state index in [0.717, 1.165) is 12.0 Å². The standard InChI is InChI=1S/C14H25N/c1-3-15(4-2)14-10-9-12-7-5-6-8-13(12)11-14/h7,13-14H,3-6,8-11H2,1-2H3. The van der Waals surface area contributed by atoms with E-state index in [1.165, 1.54) is 51.6 Å². The van der Waals surface area contributed by atoms with Crippen molar-refractivity contribution < 1.29 is 0 Å². The summed E-state index contributed by atoms with van der Waals surface area (Å²) >= 11 is 0. The first kappa shape index (κ1) is 11.2. The fourth-order valence-corrected chi connectivity index (χ4v) is 3.43. The Morgan fingerprint density at radius 1 is 1.27 bits per heavy atom. The summed E-state index contributed by atoms with van der Waals surface area (Å²) in [4.78, 5) is 2.66. The van der Waals surface area contributed by atoms with Crippen LogP contribution in [0.4, 0.5) is 0 Å². The summed E-state index contributed by atoms with van der Waals surface area (Å²) in [5.41, 5.74) is 1.80. The molecule has 1 heteroatoms. The molecule has 0 N–H and O–H groups in total. The largest absolute Gasteiger partial charge is 0.301 e. The SMILES string of the molecule is CCN(CC)C1CCC2=CCCCC2C1. The van der Waals surface area contributed by atoms with Crippen LogP contribution in [0.3, 0.4) is 0 Å². The lowest BCUT2D eigenvalue weighted by atomic mass is 9.75. The molecule has 0 spiro atoms. The minimum absolute atomic E-state index is 0.875. The van der Waals surface area contributed by atoms with E-state index in [2.05, 4.69) is 24.8 Å². The third-order valence-electron chi connectivity index (χ3n) is 4.34. The molecule has 0 amide bonds. The van der Waals surface area contributed by atoms with Crippen LogP contribution in [0.5, 0.6) is 0 Å². The maximum atomic E-state index is 2.66. The molecule has 2 rings (SSSR count). The average Bonchev–Trinajstić information content (AvgIpc) is 2.30. The number of allylic oxidation sites excluding steroid dienone is 2. The summed E-state index contributed by atoms with van der Waals surface area (Å²) in [7, 11) is 0. The van der Waals surface area contributed by atoms with Crippen LogP contribution in [-0.4, -0.2) is 24.0 Å². The molecule has 0 heterocycles. The molecule has 15 heavy (non-hydrogen) atoms. The van der Waals surface area contributed by atoms with Crippen molar-refractivity contribution in [2.24, 2.45) is 5.92 Å². The van der Waals surface area contributed by atoms with Gasteiger partial charge in [-0.3, -0.25) is 0 Å². The highest BCUT2D eigenvalue weighted by molar-refractivity contribution is 5.13. The Labute approximate surface area is 94.5 Å². The van der Waals surface area contributed by atoms with Gasteiger partial charge in [-0.1, -0.05) is 25.5 Å². The minimum atomic E-state index is 0.875. The number of nitrogens with zero attached hydrogens (tertiary/aromatic N) is 1. The van der Waals surface area contributed by atoms with Crippen molar-refractivity contribution in [3.8, 4) is 0 Å². The summed E-state index contributed by atoms with van der Waals surface area (Å²) < 4.78 is 0. The van der Waals surface area contributed by atoms with E-state index in [1.807, 2.05) is 0 Å². The highest BCUT2D eigenvalue weighted by Gasteiger charge is 2.29. The maximum Gasteiger partial charge on any atom is 0.0104 e. The van der Waals surface area contributed by atoms with E-state index in [4.69, 9.17) is 0 Å². The van der Waals surface area contributed by atoms with Crippen molar-refractivity contribution in [3.05, 3.63) is 11.6 Å². The predicted octanol–water partition coefficient (Wildman–Crippen LogP) is 3.61. The second-order valence-electron chi connectivity index (χ2n) is 5.06. The zero-order chi connectivity index (χ0) is 10.7. The van der Waals surface area contributed by atoms with Crippen LogP contribution in [0, 0.1) is 5.92 Å². The smallest absolute Gasteiger partial charge is 0.0104 e. The Kier molecular flexibility index (Phi) is 3.85. The van der Waals surface area contributed by atoms with Crippen LogP contribution in [-0.2, 0) is 0 Å². The van der Waals surface area contributed by atoms with E-state index in [0.29, 0.717) is 0 Å². The van der Waals surface area contributed by atoms with Crippen molar-refractivity contribution in [3.63, 3.8) is 0 Å². The molecule has 1 saturated carbocycles. The highest BCUT2D eigenvalue weighted by atomic mass is 15.1. The van der Waals surface area contributed by atoms with Crippen LogP contribution in [0.15, 0.2) is 11.6 Å².